The van der Waals surface area contributed by atoms with E-state index >= 15 is 0 Å². The van der Waals surface area contributed by atoms with Crippen LogP contribution in [-0.2, 0) is 19.6 Å². The first-order valence-corrected chi connectivity index (χ1v) is 10.2. The Morgan fingerprint density at radius 2 is 1.89 bits per heavy atom. The van der Waals surface area contributed by atoms with Gasteiger partial charge in [0.1, 0.15) is 11.5 Å². The molecule has 0 saturated carbocycles. The SMILES string of the molecule is COc1cccc(N2C(CC(C)=O)c3ccc(C=CC(C)=O)cc3S2(=O)=O)c1. The molecule has 0 aromatic heterocycles. The summed E-state index contributed by atoms with van der Waals surface area (Å²) in [5.41, 5.74) is 1.60. The highest BCUT2D eigenvalue weighted by Crippen LogP contribution is 2.45. The predicted octanol–water partition coefficient (Wildman–Crippen LogP) is 3.53. The maximum absolute atomic E-state index is 13.3. The molecule has 0 N–H and O–H groups in total. The molecule has 1 unspecified atom stereocenters. The number of hydrogen-bond acceptors (Lipinski definition) is 5. The van der Waals surface area contributed by atoms with Crippen molar-refractivity contribution < 1.29 is 22.7 Å². The molecule has 3 rings (SSSR count). The van der Waals surface area contributed by atoms with Gasteiger partial charge in [-0.05, 0) is 49.2 Å². The van der Waals surface area contributed by atoms with Gasteiger partial charge in [0.25, 0.3) is 10.0 Å². The summed E-state index contributed by atoms with van der Waals surface area (Å²) in [6.07, 6.45) is 3.02. The molecule has 2 aromatic carbocycles. The van der Waals surface area contributed by atoms with Crippen LogP contribution >= 0.6 is 0 Å². The van der Waals surface area contributed by atoms with Crippen LogP contribution < -0.4 is 9.04 Å². The number of ketones is 2. The van der Waals surface area contributed by atoms with Gasteiger partial charge in [-0.15, -0.1) is 0 Å². The summed E-state index contributed by atoms with van der Waals surface area (Å²) in [7, 11) is -2.37. The zero-order chi connectivity index (χ0) is 20.5. The number of sulfonamides is 1. The van der Waals surface area contributed by atoms with Gasteiger partial charge in [0.2, 0.25) is 0 Å². The van der Waals surface area contributed by atoms with E-state index in [4.69, 9.17) is 4.74 Å². The van der Waals surface area contributed by atoms with Crippen molar-refractivity contribution in [2.45, 2.75) is 31.2 Å². The Labute approximate surface area is 164 Å². The molecule has 0 saturated heterocycles. The van der Waals surface area contributed by atoms with E-state index in [-0.39, 0.29) is 22.9 Å². The number of carbonyl (C=O) groups excluding carboxylic acids is 2. The minimum Gasteiger partial charge on any atom is -0.497 e. The van der Waals surface area contributed by atoms with E-state index in [0.717, 1.165) is 0 Å². The first-order chi connectivity index (χ1) is 13.2. The van der Waals surface area contributed by atoms with Crippen LogP contribution in [0.5, 0.6) is 5.75 Å². The lowest BCUT2D eigenvalue weighted by atomic mass is 9.99. The highest BCUT2D eigenvalue weighted by Gasteiger charge is 2.43. The monoisotopic (exact) mass is 399 g/mol. The van der Waals surface area contributed by atoms with Crippen LogP contribution in [0.1, 0.15) is 37.4 Å². The third-order valence-corrected chi connectivity index (χ3v) is 6.41. The van der Waals surface area contributed by atoms with Crippen molar-refractivity contribution in [1.82, 2.24) is 0 Å². The van der Waals surface area contributed by atoms with E-state index in [9.17, 15) is 18.0 Å². The second-order valence-corrected chi connectivity index (χ2v) is 8.45. The van der Waals surface area contributed by atoms with Crippen LogP contribution in [0.2, 0.25) is 0 Å². The first kappa shape index (κ1) is 19.8. The summed E-state index contributed by atoms with van der Waals surface area (Å²) in [6.45, 7) is 2.87. The van der Waals surface area contributed by atoms with Gasteiger partial charge in [0, 0.05) is 12.5 Å². The molecule has 0 radical (unpaired) electrons. The average molecular weight is 399 g/mol. The molecule has 6 nitrogen and oxygen atoms in total. The summed E-state index contributed by atoms with van der Waals surface area (Å²) in [5.74, 6) is 0.285. The fourth-order valence-corrected chi connectivity index (χ4v) is 5.21. The van der Waals surface area contributed by atoms with Gasteiger partial charge in [0.05, 0.1) is 23.7 Å². The summed E-state index contributed by atoms with van der Waals surface area (Å²) in [5, 5.41) is 0. The Morgan fingerprint density at radius 3 is 2.54 bits per heavy atom. The minimum absolute atomic E-state index is 0.0616. The Balaban J connectivity index is 2.16. The highest BCUT2D eigenvalue weighted by atomic mass is 32.2. The highest BCUT2D eigenvalue weighted by molar-refractivity contribution is 7.93. The molecule has 0 fully saturated rings. The second-order valence-electron chi connectivity index (χ2n) is 6.67. The Hall–Kier alpha value is -2.93. The van der Waals surface area contributed by atoms with Gasteiger partial charge in [0.15, 0.2) is 5.78 Å². The first-order valence-electron chi connectivity index (χ1n) is 8.74. The van der Waals surface area contributed by atoms with Crippen LogP contribution in [0.3, 0.4) is 0 Å². The third-order valence-electron chi connectivity index (χ3n) is 4.52. The maximum Gasteiger partial charge on any atom is 0.265 e. The second kappa shape index (κ2) is 7.59. The average Bonchev–Trinajstić information content (AvgIpc) is 2.86. The fourth-order valence-electron chi connectivity index (χ4n) is 3.30. The number of anilines is 1. The van der Waals surface area contributed by atoms with Gasteiger partial charge < -0.3 is 4.74 Å². The molecule has 1 atom stereocenters. The molecule has 146 valence electrons. The standard InChI is InChI=1S/C21H21NO5S/c1-14(23)7-8-16-9-10-19-20(11-15(2)24)22(28(25,26)21(19)12-16)17-5-4-6-18(13-17)27-3/h4-10,12-13,20H,11H2,1-3H3. The molecule has 2 aromatic rings. The van der Waals surface area contributed by atoms with E-state index in [0.29, 0.717) is 22.6 Å². The molecule has 1 aliphatic rings. The molecule has 0 bridgehead atoms. The number of carbonyl (C=O) groups is 2. The van der Waals surface area contributed by atoms with Crippen molar-refractivity contribution in [2.24, 2.45) is 0 Å². The number of ether oxygens (including phenoxy) is 1. The topological polar surface area (TPSA) is 80.8 Å². The van der Waals surface area contributed by atoms with E-state index in [2.05, 4.69) is 0 Å². The Bertz CT molecular complexity index is 1070. The van der Waals surface area contributed by atoms with Crippen molar-refractivity contribution >= 4 is 33.4 Å². The molecule has 0 spiro atoms. The number of fused-ring (bicyclic) bond motifs is 1. The Kier molecular flexibility index (Phi) is 5.38. The summed E-state index contributed by atoms with van der Waals surface area (Å²) < 4.78 is 33.2. The number of nitrogens with zero attached hydrogens (tertiary/aromatic N) is 1. The smallest absolute Gasteiger partial charge is 0.265 e. The summed E-state index contributed by atoms with van der Waals surface area (Å²) in [6, 6.07) is 11.1. The number of allylic oxidation sites excluding steroid dienone is 1. The maximum atomic E-state index is 13.3. The predicted molar refractivity (Wildman–Crippen MR) is 107 cm³/mol. The van der Waals surface area contributed by atoms with Gasteiger partial charge in [-0.3, -0.25) is 13.9 Å². The summed E-state index contributed by atoms with van der Waals surface area (Å²) in [4.78, 5) is 23.2. The number of benzene rings is 2. The van der Waals surface area contributed by atoms with E-state index < -0.39 is 16.1 Å². The van der Waals surface area contributed by atoms with Crippen LogP contribution in [0.15, 0.2) is 53.4 Å². The lowest BCUT2D eigenvalue weighted by Crippen LogP contribution is -2.29. The lowest BCUT2D eigenvalue weighted by molar-refractivity contribution is -0.117. The van der Waals surface area contributed by atoms with Crippen molar-refractivity contribution in [3.05, 3.63) is 59.7 Å². The minimum atomic E-state index is -3.87. The number of methoxy groups -OCH3 is 1. The molecule has 1 heterocycles. The zero-order valence-electron chi connectivity index (χ0n) is 15.9. The van der Waals surface area contributed by atoms with Crippen LogP contribution in [0.25, 0.3) is 6.08 Å². The molecular formula is C21H21NO5S. The van der Waals surface area contributed by atoms with Crippen molar-refractivity contribution in [1.29, 1.82) is 0 Å². The molecule has 7 heteroatoms. The molecule has 0 aliphatic carbocycles. The van der Waals surface area contributed by atoms with Gasteiger partial charge in [-0.1, -0.05) is 24.3 Å². The van der Waals surface area contributed by atoms with Gasteiger partial charge >= 0.3 is 0 Å². The van der Waals surface area contributed by atoms with Crippen molar-refractivity contribution in [3.8, 4) is 5.75 Å². The molecule has 0 amide bonds. The summed E-state index contributed by atoms with van der Waals surface area (Å²) >= 11 is 0. The van der Waals surface area contributed by atoms with Crippen molar-refractivity contribution in [3.63, 3.8) is 0 Å². The zero-order valence-corrected chi connectivity index (χ0v) is 16.7. The third kappa shape index (κ3) is 3.71. The van der Waals surface area contributed by atoms with E-state index in [1.54, 1.807) is 42.5 Å². The van der Waals surface area contributed by atoms with Crippen LogP contribution in [0.4, 0.5) is 5.69 Å². The molecule has 28 heavy (non-hydrogen) atoms. The quantitative estimate of drug-likeness (QED) is 0.694. The van der Waals surface area contributed by atoms with E-state index in [1.165, 1.54) is 37.4 Å². The largest absolute Gasteiger partial charge is 0.497 e. The van der Waals surface area contributed by atoms with Crippen LogP contribution in [0, 0.1) is 0 Å². The number of Topliss-reactive ketones (excluding diaryl/α,β-unsaturated/α-hetero) is 1. The number of hydrogen-bond donors (Lipinski definition) is 0. The lowest BCUT2D eigenvalue weighted by Gasteiger charge is -2.25. The van der Waals surface area contributed by atoms with E-state index in [1.807, 2.05) is 0 Å². The van der Waals surface area contributed by atoms with Gasteiger partial charge in [-0.25, -0.2) is 8.42 Å². The Morgan fingerprint density at radius 1 is 1.14 bits per heavy atom. The van der Waals surface area contributed by atoms with Gasteiger partial charge in [-0.2, -0.15) is 0 Å². The molecular weight excluding hydrogens is 378 g/mol. The number of rotatable bonds is 6. The normalized spacial score (nSPS) is 17.5. The van der Waals surface area contributed by atoms with Crippen molar-refractivity contribution in [2.75, 3.05) is 11.4 Å². The molecule has 1 aliphatic heterocycles. The fraction of sp³-hybridized carbons (Fsp3) is 0.238. The van der Waals surface area contributed by atoms with Crippen LogP contribution in [-0.4, -0.2) is 27.1 Å².